The van der Waals surface area contributed by atoms with Gasteiger partial charge in [0, 0.05) is 26.2 Å². The number of rotatable bonds is 10. The van der Waals surface area contributed by atoms with Crippen molar-refractivity contribution >= 4 is 57.1 Å². The van der Waals surface area contributed by atoms with Crippen LogP contribution in [0.3, 0.4) is 0 Å². The van der Waals surface area contributed by atoms with Gasteiger partial charge in [0.05, 0.1) is 12.9 Å². The molecule has 4 rings (SSSR count). The number of ether oxygens (including phenoxy) is 1. The molecule has 4 aromatic carbocycles. The van der Waals surface area contributed by atoms with Crippen LogP contribution in [-0.2, 0) is 4.79 Å². The van der Waals surface area contributed by atoms with Crippen LogP contribution in [0.5, 0.6) is 5.75 Å². The van der Waals surface area contributed by atoms with Crippen molar-refractivity contribution in [2.45, 2.75) is 4.90 Å². The zero-order valence-corrected chi connectivity index (χ0v) is 23.4. The first-order chi connectivity index (χ1) is 18.9. The maximum atomic E-state index is 13.2. The van der Waals surface area contributed by atoms with Gasteiger partial charge in [-0.15, -0.1) is 11.8 Å². The molecule has 0 radical (unpaired) electrons. The van der Waals surface area contributed by atoms with Crippen molar-refractivity contribution in [3.8, 4) is 5.75 Å². The van der Waals surface area contributed by atoms with E-state index >= 15 is 0 Å². The fourth-order valence-electron chi connectivity index (χ4n) is 3.51. The minimum Gasteiger partial charge on any atom is -0.497 e. The van der Waals surface area contributed by atoms with Gasteiger partial charge < -0.3 is 15.4 Å². The molecular weight excluding hydrogens is 576 g/mol. The van der Waals surface area contributed by atoms with Crippen molar-refractivity contribution in [3.63, 3.8) is 0 Å². The third-order valence-electron chi connectivity index (χ3n) is 5.60. The normalized spacial score (nSPS) is 11.0. The van der Waals surface area contributed by atoms with Crippen molar-refractivity contribution in [1.29, 1.82) is 0 Å². The monoisotopic (exact) mass is 600 g/mol. The second-order valence-electron chi connectivity index (χ2n) is 8.35. The number of amides is 2. The number of nitrogens with one attached hydrogen (secondary N) is 2. The fourth-order valence-corrected chi connectivity index (χ4v) is 4.57. The number of hydrogen-bond donors (Lipinski definition) is 2. The summed E-state index contributed by atoms with van der Waals surface area (Å²) in [5.41, 5.74) is 2.45. The number of ketones is 1. The third kappa shape index (κ3) is 8.17. The Kier molecular flexibility index (Phi) is 9.72. The number of carbonyl (C=O) groups is 3. The van der Waals surface area contributed by atoms with Crippen LogP contribution in [0.2, 0.25) is 0 Å². The molecule has 6 nitrogen and oxygen atoms in total. The molecule has 0 heterocycles. The molecule has 0 aliphatic heterocycles. The number of hydrogen-bond acceptors (Lipinski definition) is 5. The van der Waals surface area contributed by atoms with Crippen LogP contribution in [0.15, 0.2) is 118 Å². The molecule has 8 heteroatoms. The van der Waals surface area contributed by atoms with Crippen LogP contribution in [0.4, 0.5) is 5.69 Å². The van der Waals surface area contributed by atoms with E-state index < -0.39 is 11.8 Å². The predicted molar refractivity (Wildman–Crippen MR) is 159 cm³/mol. The van der Waals surface area contributed by atoms with Gasteiger partial charge >= 0.3 is 0 Å². The third-order valence-corrected chi connectivity index (χ3v) is 7.14. The van der Waals surface area contributed by atoms with Crippen molar-refractivity contribution < 1.29 is 19.1 Å². The Morgan fingerprint density at radius 1 is 0.821 bits per heavy atom. The number of halogens is 1. The van der Waals surface area contributed by atoms with E-state index in [2.05, 4.69) is 26.6 Å². The molecule has 0 fully saturated rings. The van der Waals surface area contributed by atoms with E-state index in [1.807, 2.05) is 30.3 Å². The lowest BCUT2D eigenvalue weighted by Crippen LogP contribution is -2.30. The van der Waals surface area contributed by atoms with Crippen molar-refractivity contribution in [3.05, 3.63) is 130 Å². The number of methoxy groups -OCH3 is 1. The van der Waals surface area contributed by atoms with Gasteiger partial charge in [0.1, 0.15) is 11.4 Å². The molecule has 0 atom stereocenters. The molecule has 4 aromatic rings. The summed E-state index contributed by atoms with van der Waals surface area (Å²) in [6, 6.07) is 30.3. The molecule has 0 bridgehead atoms. The molecule has 39 heavy (non-hydrogen) atoms. The zero-order valence-electron chi connectivity index (χ0n) is 21.0. The van der Waals surface area contributed by atoms with Gasteiger partial charge in [0.2, 0.25) is 0 Å². The molecule has 0 aliphatic carbocycles. The van der Waals surface area contributed by atoms with E-state index in [1.165, 1.54) is 11.8 Å². The lowest BCUT2D eigenvalue weighted by molar-refractivity contribution is -0.113. The van der Waals surface area contributed by atoms with Gasteiger partial charge in [-0.1, -0.05) is 58.4 Å². The highest BCUT2D eigenvalue weighted by atomic mass is 79.9. The molecule has 0 saturated heterocycles. The molecule has 0 aliphatic rings. The highest BCUT2D eigenvalue weighted by Gasteiger charge is 2.15. The summed E-state index contributed by atoms with van der Waals surface area (Å²) in [5, 5.41) is 5.57. The second kappa shape index (κ2) is 13.6. The molecule has 0 aromatic heterocycles. The molecule has 0 unspecified atom stereocenters. The predicted octanol–water partition coefficient (Wildman–Crippen LogP) is 6.84. The van der Waals surface area contributed by atoms with Crippen LogP contribution in [0.25, 0.3) is 6.08 Å². The molecule has 0 spiro atoms. The SMILES string of the molecule is COc1ccc(/C=C(\NC(=O)c2ccccc2)C(=O)Nc2ccc(SCC(=O)c3ccc(Br)cc3)cc2)cc1. The van der Waals surface area contributed by atoms with Crippen molar-refractivity contribution in [1.82, 2.24) is 5.32 Å². The summed E-state index contributed by atoms with van der Waals surface area (Å²) in [6.07, 6.45) is 1.60. The first-order valence-electron chi connectivity index (χ1n) is 12.0. The topological polar surface area (TPSA) is 84.5 Å². The van der Waals surface area contributed by atoms with E-state index in [9.17, 15) is 14.4 Å². The smallest absolute Gasteiger partial charge is 0.272 e. The molecule has 2 amide bonds. The van der Waals surface area contributed by atoms with Gasteiger partial charge in [0.15, 0.2) is 5.78 Å². The molecular formula is C31H25BrN2O4S. The first-order valence-corrected chi connectivity index (χ1v) is 13.7. The lowest BCUT2D eigenvalue weighted by atomic mass is 10.1. The van der Waals surface area contributed by atoms with Crippen LogP contribution < -0.4 is 15.4 Å². The molecule has 196 valence electrons. The summed E-state index contributed by atoms with van der Waals surface area (Å²) in [7, 11) is 1.58. The Labute approximate surface area is 239 Å². The van der Waals surface area contributed by atoms with Crippen LogP contribution >= 0.6 is 27.7 Å². The molecule has 2 N–H and O–H groups in total. The van der Waals surface area contributed by atoms with Gasteiger partial charge in [-0.3, -0.25) is 14.4 Å². The highest BCUT2D eigenvalue weighted by Crippen LogP contribution is 2.23. The van der Waals surface area contributed by atoms with Crippen molar-refractivity contribution in [2.24, 2.45) is 0 Å². The Hall–Kier alpha value is -4.14. The summed E-state index contributed by atoms with van der Waals surface area (Å²) in [4.78, 5) is 39.4. The van der Waals surface area contributed by atoms with E-state index in [4.69, 9.17) is 4.74 Å². The maximum absolute atomic E-state index is 13.2. The Morgan fingerprint density at radius 3 is 2.13 bits per heavy atom. The fraction of sp³-hybridized carbons (Fsp3) is 0.0645. The molecule has 0 saturated carbocycles. The van der Waals surface area contributed by atoms with Crippen LogP contribution in [-0.4, -0.2) is 30.5 Å². The van der Waals surface area contributed by atoms with E-state index in [0.29, 0.717) is 28.3 Å². The van der Waals surface area contributed by atoms with Crippen LogP contribution in [0.1, 0.15) is 26.3 Å². The number of Topliss-reactive ketones (excluding diaryl/α,β-unsaturated/α-hetero) is 1. The van der Waals surface area contributed by atoms with Crippen LogP contribution in [0, 0.1) is 0 Å². The minimum atomic E-state index is -0.471. The number of thioether (sulfide) groups is 1. The quantitative estimate of drug-likeness (QED) is 0.118. The van der Waals surface area contributed by atoms with Gasteiger partial charge in [0.25, 0.3) is 11.8 Å². The first kappa shape index (κ1) is 27.9. The van der Waals surface area contributed by atoms with E-state index in [1.54, 1.807) is 86.0 Å². The Morgan fingerprint density at radius 2 is 1.49 bits per heavy atom. The maximum Gasteiger partial charge on any atom is 0.272 e. The summed E-state index contributed by atoms with van der Waals surface area (Å²) in [6.45, 7) is 0. The second-order valence-corrected chi connectivity index (χ2v) is 10.3. The summed E-state index contributed by atoms with van der Waals surface area (Å²) >= 11 is 4.79. The number of benzene rings is 4. The average molecular weight is 602 g/mol. The zero-order chi connectivity index (χ0) is 27.6. The largest absolute Gasteiger partial charge is 0.497 e. The van der Waals surface area contributed by atoms with E-state index in [-0.39, 0.29) is 11.5 Å². The summed E-state index contributed by atoms with van der Waals surface area (Å²) in [5.74, 6) is 0.150. The summed E-state index contributed by atoms with van der Waals surface area (Å²) < 4.78 is 6.12. The van der Waals surface area contributed by atoms with Crippen molar-refractivity contribution in [2.75, 3.05) is 18.2 Å². The number of anilines is 1. The van der Waals surface area contributed by atoms with Gasteiger partial charge in [-0.25, -0.2) is 0 Å². The standard InChI is InChI=1S/C31H25BrN2O4S/c1-38-26-15-7-21(8-16-26)19-28(34-30(36)23-5-3-2-4-6-23)31(37)33-25-13-17-27(18-14-25)39-20-29(35)22-9-11-24(32)12-10-22/h2-19H,20H2,1H3,(H,33,37)(H,34,36)/b28-19-. The highest BCUT2D eigenvalue weighted by molar-refractivity contribution is 9.10. The number of carbonyl (C=O) groups excluding carboxylic acids is 3. The Bertz CT molecular complexity index is 1470. The van der Waals surface area contributed by atoms with Gasteiger partial charge in [-0.2, -0.15) is 0 Å². The Balaban J connectivity index is 1.44. The average Bonchev–Trinajstić information content (AvgIpc) is 2.97. The van der Waals surface area contributed by atoms with Gasteiger partial charge in [-0.05, 0) is 72.3 Å². The minimum absolute atomic E-state index is 0.0346. The van der Waals surface area contributed by atoms with E-state index in [0.717, 1.165) is 14.9 Å². The lowest BCUT2D eigenvalue weighted by Gasteiger charge is -2.12.